The Kier molecular flexibility index (Phi) is 3.23. The van der Waals surface area contributed by atoms with Gasteiger partial charge >= 0.3 is 0 Å². The summed E-state index contributed by atoms with van der Waals surface area (Å²) in [5.74, 6) is 0.311. The summed E-state index contributed by atoms with van der Waals surface area (Å²) >= 11 is 0. The molecule has 0 amide bonds. The second-order valence-electron chi connectivity index (χ2n) is 3.59. The molecule has 0 bridgehead atoms. The van der Waals surface area contributed by atoms with Gasteiger partial charge in [0, 0.05) is 30.7 Å². The maximum atomic E-state index is 13.0. The van der Waals surface area contributed by atoms with Gasteiger partial charge in [-0.2, -0.15) is 4.39 Å². The molecule has 0 aliphatic rings. The van der Waals surface area contributed by atoms with Gasteiger partial charge in [-0.15, -0.1) is 0 Å². The number of nitrogens with zero attached hydrogens (tertiary/aromatic N) is 2. The molecule has 0 atom stereocenters. The summed E-state index contributed by atoms with van der Waals surface area (Å²) in [4.78, 5) is 5.41. The van der Waals surface area contributed by atoms with Crippen LogP contribution in [0.4, 0.5) is 15.8 Å². The quantitative estimate of drug-likeness (QED) is 0.761. The smallest absolute Gasteiger partial charge is 0.214 e. The molecule has 0 spiro atoms. The number of hydrogen-bond acceptors (Lipinski definition) is 3. The number of benzene rings is 1. The summed E-state index contributed by atoms with van der Waals surface area (Å²) in [6.07, 6.45) is 1.45. The van der Waals surface area contributed by atoms with Crippen LogP contribution in [-0.2, 0) is 0 Å². The van der Waals surface area contributed by atoms with Gasteiger partial charge in [0.2, 0.25) is 5.95 Å². The number of halogens is 1. The zero-order valence-electron chi connectivity index (χ0n) is 9.72. The molecule has 17 heavy (non-hydrogen) atoms. The van der Waals surface area contributed by atoms with E-state index in [-0.39, 0.29) is 0 Å². The zero-order valence-corrected chi connectivity index (χ0v) is 9.72. The summed E-state index contributed by atoms with van der Waals surface area (Å²) in [7, 11) is 3.49. The number of pyridine rings is 1. The minimum atomic E-state index is -0.483. The van der Waals surface area contributed by atoms with Crippen molar-refractivity contribution >= 4 is 11.4 Å². The van der Waals surface area contributed by atoms with Crippen molar-refractivity contribution in [2.24, 2.45) is 0 Å². The predicted octanol–water partition coefficient (Wildman–Crippen LogP) is 3.00. The Balaban J connectivity index is 2.27. The number of ether oxygens (including phenoxy) is 1. The van der Waals surface area contributed by atoms with Gasteiger partial charge < -0.3 is 9.64 Å². The normalized spacial score (nSPS) is 10.1. The largest absolute Gasteiger partial charge is 0.497 e. The molecule has 3 nitrogen and oxygen atoms in total. The van der Waals surface area contributed by atoms with Crippen molar-refractivity contribution in [3.05, 3.63) is 48.5 Å². The standard InChI is InChI=1S/C13H13FN2O/c1-16(11-7-8-15-13(14)9-11)10-3-5-12(17-2)6-4-10/h3-9H,1-2H3. The molecule has 0 saturated heterocycles. The van der Waals surface area contributed by atoms with Gasteiger partial charge in [0.1, 0.15) is 5.75 Å². The monoisotopic (exact) mass is 232 g/mol. The van der Waals surface area contributed by atoms with Crippen LogP contribution >= 0.6 is 0 Å². The van der Waals surface area contributed by atoms with Crippen molar-refractivity contribution in [3.8, 4) is 5.75 Å². The molecule has 0 aliphatic carbocycles. The lowest BCUT2D eigenvalue weighted by atomic mass is 10.2. The molecule has 4 heteroatoms. The molecule has 0 aliphatic heterocycles. The summed E-state index contributed by atoms with van der Waals surface area (Å²) in [5.41, 5.74) is 1.71. The molecule has 0 fully saturated rings. The Bertz CT molecular complexity index is 499. The highest BCUT2D eigenvalue weighted by molar-refractivity contribution is 5.62. The number of rotatable bonds is 3. The first-order valence-corrected chi connectivity index (χ1v) is 5.20. The highest BCUT2D eigenvalue weighted by atomic mass is 19.1. The number of aromatic nitrogens is 1. The molecule has 2 rings (SSSR count). The number of methoxy groups -OCH3 is 1. The topological polar surface area (TPSA) is 25.4 Å². The first-order chi connectivity index (χ1) is 8.20. The van der Waals surface area contributed by atoms with E-state index in [0.717, 1.165) is 17.1 Å². The third-order valence-corrected chi connectivity index (χ3v) is 2.56. The molecule has 1 heterocycles. The van der Waals surface area contributed by atoms with Crippen molar-refractivity contribution in [2.75, 3.05) is 19.1 Å². The van der Waals surface area contributed by atoms with Crippen LogP contribution in [0.2, 0.25) is 0 Å². The van der Waals surface area contributed by atoms with E-state index in [0.29, 0.717) is 0 Å². The fraction of sp³-hybridized carbons (Fsp3) is 0.154. The van der Waals surface area contributed by atoms with Crippen molar-refractivity contribution < 1.29 is 9.13 Å². The van der Waals surface area contributed by atoms with Crippen LogP contribution in [-0.4, -0.2) is 19.1 Å². The first kappa shape index (κ1) is 11.4. The fourth-order valence-electron chi connectivity index (χ4n) is 1.56. The van der Waals surface area contributed by atoms with Crippen molar-refractivity contribution in [1.29, 1.82) is 0 Å². The van der Waals surface area contributed by atoms with Gasteiger partial charge in [-0.05, 0) is 30.3 Å². The summed E-state index contributed by atoms with van der Waals surface area (Å²) in [6, 6.07) is 10.7. The predicted molar refractivity (Wildman–Crippen MR) is 65.3 cm³/mol. The van der Waals surface area contributed by atoms with Crippen LogP contribution in [0.25, 0.3) is 0 Å². The third kappa shape index (κ3) is 2.53. The lowest BCUT2D eigenvalue weighted by molar-refractivity contribution is 0.415. The van der Waals surface area contributed by atoms with E-state index in [1.54, 1.807) is 13.2 Å². The molecule has 0 radical (unpaired) electrons. The van der Waals surface area contributed by atoms with Gasteiger partial charge in [-0.3, -0.25) is 0 Å². The van der Waals surface area contributed by atoms with Gasteiger partial charge in [-0.25, -0.2) is 4.98 Å². The van der Waals surface area contributed by atoms with Crippen molar-refractivity contribution in [1.82, 2.24) is 4.98 Å². The highest BCUT2D eigenvalue weighted by Gasteiger charge is 2.05. The SMILES string of the molecule is COc1ccc(N(C)c2ccnc(F)c2)cc1. The molecular formula is C13H13FN2O. The molecule has 2 aromatic rings. The molecule has 1 aromatic carbocycles. The van der Waals surface area contributed by atoms with E-state index >= 15 is 0 Å². The van der Waals surface area contributed by atoms with Crippen LogP contribution in [0, 0.1) is 5.95 Å². The average molecular weight is 232 g/mol. The summed E-state index contributed by atoms with van der Waals surface area (Å²) < 4.78 is 18.1. The second kappa shape index (κ2) is 4.82. The molecule has 0 unspecified atom stereocenters. The summed E-state index contributed by atoms with van der Waals surface area (Å²) in [5, 5.41) is 0. The lowest BCUT2D eigenvalue weighted by Crippen LogP contribution is -2.09. The van der Waals surface area contributed by atoms with Crippen LogP contribution in [0.1, 0.15) is 0 Å². The Morgan fingerprint density at radius 3 is 2.41 bits per heavy atom. The molecule has 88 valence electrons. The Hall–Kier alpha value is -2.10. The maximum absolute atomic E-state index is 13.0. The number of anilines is 2. The van der Waals surface area contributed by atoms with Gasteiger partial charge in [-0.1, -0.05) is 0 Å². The van der Waals surface area contributed by atoms with Crippen LogP contribution in [0.5, 0.6) is 5.75 Å². The number of hydrogen-bond donors (Lipinski definition) is 0. The Labute approximate surface area is 99.5 Å². The van der Waals surface area contributed by atoms with E-state index in [2.05, 4.69) is 4.98 Å². The summed E-state index contributed by atoms with van der Waals surface area (Å²) in [6.45, 7) is 0. The second-order valence-corrected chi connectivity index (χ2v) is 3.59. The third-order valence-electron chi connectivity index (χ3n) is 2.56. The lowest BCUT2D eigenvalue weighted by Gasteiger charge is -2.19. The highest BCUT2D eigenvalue weighted by Crippen LogP contribution is 2.25. The molecule has 0 saturated carbocycles. The van der Waals surface area contributed by atoms with Crippen molar-refractivity contribution in [3.63, 3.8) is 0 Å². The molecule has 1 aromatic heterocycles. The van der Waals surface area contributed by atoms with Crippen molar-refractivity contribution in [2.45, 2.75) is 0 Å². The van der Waals surface area contributed by atoms with Crippen LogP contribution in [0.15, 0.2) is 42.6 Å². The van der Waals surface area contributed by atoms with Gasteiger partial charge in [0.25, 0.3) is 0 Å². The molecular weight excluding hydrogens is 219 g/mol. The minimum absolute atomic E-state index is 0.483. The van der Waals surface area contributed by atoms with Gasteiger partial charge in [0.05, 0.1) is 7.11 Å². The van der Waals surface area contributed by atoms with Crippen LogP contribution < -0.4 is 9.64 Å². The van der Waals surface area contributed by atoms with Crippen LogP contribution in [0.3, 0.4) is 0 Å². The Morgan fingerprint density at radius 2 is 1.82 bits per heavy atom. The average Bonchev–Trinajstić information content (AvgIpc) is 2.38. The fourth-order valence-corrected chi connectivity index (χ4v) is 1.56. The zero-order chi connectivity index (χ0) is 12.3. The van der Waals surface area contributed by atoms with E-state index in [4.69, 9.17) is 4.74 Å². The maximum Gasteiger partial charge on any atom is 0.214 e. The van der Waals surface area contributed by atoms with E-state index < -0.39 is 5.95 Å². The minimum Gasteiger partial charge on any atom is -0.497 e. The van der Waals surface area contributed by atoms with E-state index in [9.17, 15) is 4.39 Å². The first-order valence-electron chi connectivity index (χ1n) is 5.20. The van der Waals surface area contributed by atoms with E-state index in [1.165, 1.54) is 12.3 Å². The molecule has 0 N–H and O–H groups in total. The van der Waals surface area contributed by atoms with Gasteiger partial charge in [0.15, 0.2) is 0 Å². The Morgan fingerprint density at radius 1 is 1.12 bits per heavy atom. The van der Waals surface area contributed by atoms with E-state index in [1.807, 2.05) is 36.2 Å².